The molecular formula is C18H18N2O3. The Bertz CT molecular complexity index is 696. The van der Waals surface area contributed by atoms with Crippen LogP contribution in [-0.4, -0.2) is 18.4 Å². The molecule has 0 unspecified atom stereocenters. The number of hydrogen-bond acceptors (Lipinski definition) is 3. The fourth-order valence-corrected chi connectivity index (χ4v) is 2.13. The lowest BCUT2D eigenvalue weighted by molar-refractivity contribution is -0.125. The van der Waals surface area contributed by atoms with E-state index in [1.54, 1.807) is 12.1 Å². The van der Waals surface area contributed by atoms with Crippen molar-refractivity contribution in [1.82, 2.24) is 5.32 Å². The van der Waals surface area contributed by atoms with Crippen LogP contribution >= 0.6 is 0 Å². The number of rotatable bonds is 6. The molecule has 2 amide bonds. The van der Waals surface area contributed by atoms with Crippen LogP contribution in [-0.2, 0) is 9.59 Å². The second-order valence-electron chi connectivity index (χ2n) is 5.45. The minimum absolute atomic E-state index is 0.0327. The molecule has 23 heavy (non-hydrogen) atoms. The molecule has 0 heterocycles. The number of nitrogens with one attached hydrogen (secondary N) is 2. The molecule has 0 aromatic heterocycles. The maximum Gasteiger partial charge on any atom is 0.243 e. The molecule has 1 aliphatic rings. The van der Waals surface area contributed by atoms with Crippen molar-refractivity contribution in [3.05, 3.63) is 54.6 Å². The highest BCUT2D eigenvalue weighted by molar-refractivity contribution is 5.96. The quantitative estimate of drug-likeness (QED) is 0.862. The van der Waals surface area contributed by atoms with Crippen molar-refractivity contribution in [2.24, 2.45) is 5.92 Å². The predicted octanol–water partition coefficient (Wildman–Crippen LogP) is 2.94. The number of carbonyl (C=O) groups excluding carboxylic acids is 2. The molecule has 0 aliphatic heterocycles. The van der Waals surface area contributed by atoms with Gasteiger partial charge in [-0.2, -0.15) is 0 Å². The largest absolute Gasteiger partial charge is 0.455 e. The lowest BCUT2D eigenvalue weighted by atomic mass is 10.2. The standard InChI is InChI=1S/C18H18N2O3/c21-17(12-19-18(22)13-10-11-13)20-15-8-4-5-9-16(15)23-14-6-2-1-3-7-14/h1-9,13H,10-12H2,(H,19,22)(H,20,21). The molecule has 0 radical (unpaired) electrons. The van der Waals surface area contributed by atoms with Crippen LogP contribution in [0.15, 0.2) is 54.6 Å². The van der Waals surface area contributed by atoms with E-state index < -0.39 is 0 Å². The van der Waals surface area contributed by atoms with Crippen molar-refractivity contribution < 1.29 is 14.3 Å². The summed E-state index contributed by atoms with van der Waals surface area (Å²) in [5.41, 5.74) is 0.571. The Morgan fingerprint density at radius 3 is 2.43 bits per heavy atom. The van der Waals surface area contributed by atoms with Crippen LogP contribution in [0.4, 0.5) is 5.69 Å². The molecule has 0 atom stereocenters. The van der Waals surface area contributed by atoms with Gasteiger partial charge in [0.15, 0.2) is 5.75 Å². The number of benzene rings is 2. The zero-order valence-electron chi connectivity index (χ0n) is 12.6. The summed E-state index contributed by atoms with van der Waals surface area (Å²) in [4.78, 5) is 23.5. The molecule has 5 nitrogen and oxygen atoms in total. The molecule has 0 spiro atoms. The van der Waals surface area contributed by atoms with Gasteiger partial charge in [-0.15, -0.1) is 0 Å². The number of para-hydroxylation sites is 3. The fourth-order valence-electron chi connectivity index (χ4n) is 2.13. The van der Waals surface area contributed by atoms with Crippen molar-refractivity contribution in [3.8, 4) is 11.5 Å². The monoisotopic (exact) mass is 310 g/mol. The van der Waals surface area contributed by atoms with Gasteiger partial charge in [-0.3, -0.25) is 9.59 Å². The van der Waals surface area contributed by atoms with Crippen molar-refractivity contribution in [3.63, 3.8) is 0 Å². The number of anilines is 1. The number of carbonyl (C=O) groups is 2. The summed E-state index contributed by atoms with van der Waals surface area (Å²) in [7, 11) is 0. The smallest absolute Gasteiger partial charge is 0.243 e. The average molecular weight is 310 g/mol. The molecule has 0 saturated heterocycles. The maximum absolute atomic E-state index is 12.0. The van der Waals surface area contributed by atoms with E-state index >= 15 is 0 Å². The first kappa shape index (κ1) is 15.1. The second kappa shape index (κ2) is 6.96. The normalized spacial score (nSPS) is 13.2. The van der Waals surface area contributed by atoms with E-state index in [1.165, 1.54) is 0 Å². The van der Waals surface area contributed by atoms with Gasteiger partial charge in [0, 0.05) is 5.92 Å². The summed E-state index contributed by atoms with van der Waals surface area (Å²) < 4.78 is 5.78. The Morgan fingerprint density at radius 1 is 1.00 bits per heavy atom. The van der Waals surface area contributed by atoms with Gasteiger partial charge >= 0.3 is 0 Å². The van der Waals surface area contributed by atoms with Crippen LogP contribution in [0, 0.1) is 5.92 Å². The lowest BCUT2D eigenvalue weighted by Crippen LogP contribution is -2.33. The van der Waals surface area contributed by atoms with Crippen LogP contribution in [0.3, 0.4) is 0 Å². The molecule has 2 aromatic carbocycles. The van der Waals surface area contributed by atoms with E-state index in [1.807, 2.05) is 42.5 Å². The first-order chi connectivity index (χ1) is 11.2. The third kappa shape index (κ3) is 4.32. The summed E-state index contributed by atoms with van der Waals surface area (Å²) in [5.74, 6) is 1.02. The minimum atomic E-state index is -0.275. The van der Waals surface area contributed by atoms with Crippen LogP contribution in [0.1, 0.15) is 12.8 Å². The zero-order chi connectivity index (χ0) is 16.1. The first-order valence-electron chi connectivity index (χ1n) is 7.62. The molecule has 2 N–H and O–H groups in total. The molecule has 1 aliphatic carbocycles. The third-order valence-corrected chi connectivity index (χ3v) is 3.50. The highest BCUT2D eigenvalue weighted by Gasteiger charge is 2.29. The van der Waals surface area contributed by atoms with Gasteiger partial charge in [0.2, 0.25) is 11.8 Å². The van der Waals surface area contributed by atoms with Gasteiger partial charge < -0.3 is 15.4 Å². The molecule has 1 saturated carbocycles. The summed E-state index contributed by atoms with van der Waals surface area (Å²) in [6.45, 7) is -0.0327. The summed E-state index contributed by atoms with van der Waals surface area (Å²) >= 11 is 0. The summed E-state index contributed by atoms with van der Waals surface area (Å²) in [5, 5.41) is 5.41. The maximum atomic E-state index is 12.0. The Kier molecular flexibility index (Phi) is 4.57. The molecule has 1 fully saturated rings. The average Bonchev–Trinajstić information content (AvgIpc) is 3.40. The Hall–Kier alpha value is -2.82. The van der Waals surface area contributed by atoms with E-state index in [2.05, 4.69) is 10.6 Å². The molecule has 118 valence electrons. The predicted molar refractivity (Wildman–Crippen MR) is 87.3 cm³/mol. The van der Waals surface area contributed by atoms with Gasteiger partial charge in [0.25, 0.3) is 0 Å². The zero-order valence-corrected chi connectivity index (χ0v) is 12.6. The number of hydrogen-bond donors (Lipinski definition) is 2. The van der Waals surface area contributed by atoms with Gasteiger partial charge in [-0.1, -0.05) is 30.3 Å². The van der Waals surface area contributed by atoms with E-state index in [-0.39, 0.29) is 24.3 Å². The van der Waals surface area contributed by atoms with Crippen molar-refractivity contribution in [2.45, 2.75) is 12.8 Å². The van der Waals surface area contributed by atoms with Gasteiger partial charge in [-0.25, -0.2) is 0 Å². The number of amides is 2. The van der Waals surface area contributed by atoms with Crippen LogP contribution in [0.25, 0.3) is 0 Å². The second-order valence-corrected chi connectivity index (χ2v) is 5.45. The van der Waals surface area contributed by atoms with Crippen LogP contribution in [0.2, 0.25) is 0 Å². The first-order valence-corrected chi connectivity index (χ1v) is 7.62. The van der Waals surface area contributed by atoms with Gasteiger partial charge in [0.05, 0.1) is 12.2 Å². The summed E-state index contributed by atoms with van der Waals surface area (Å²) in [6, 6.07) is 16.5. The highest BCUT2D eigenvalue weighted by atomic mass is 16.5. The van der Waals surface area contributed by atoms with Crippen molar-refractivity contribution in [2.75, 3.05) is 11.9 Å². The highest BCUT2D eigenvalue weighted by Crippen LogP contribution is 2.29. The summed E-state index contributed by atoms with van der Waals surface area (Å²) in [6.07, 6.45) is 1.84. The lowest BCUT2D eigenvalue weighted by Gasteiger charge is -2.12. The van der Waals surface area contributed by atoms with E-state index in [4.69, 9.17) is 4.74 Å². The van der Waals surface area contributed by atoms with Crippen LogP contribution < -0.4 is 15.4 Å². The Balaban J connectivity index is 1.60. The minimum Gasteiger partial charge on any atom is -0.455 e. The molecular weight excluding hydrogens is 292 g/mol. The molecule has 2 aromatic rings. The van der Waals surface area contributed by atoms with Gasteiger partial charge in [0.1, 0.15) is 5.75 Å². The number of ether oxygens (including phenoxy) is 1. The van der Waals surface area contributed by atoms with Gasteiger partial charge in [-0.05, 0) is 37.1 Å². The SMILES string of the molecule is O=C(CNC(=O)C1CC1)Nc1ccccc1Oc1ccccc1. The van der Waals surface area contributed by atoms with Crippen molar-refractivity contribution in [1.29, 1.82) is 0 Å². The van der Waals surface area contributed by atoms with Crippen molar-refractivity contribution >= 4 is 17.5 Å². The van der Waals surface area contributed by atoms with E-state index in [9.17, 15) is 9.59 Å². The van der Waals surface area contributed by atoms with Crippen LogP contribution in [0.5, 0.6) is 11.5 Å². The third-order valence-electron chi connectivity index (χ3n) is 3.50. The molecule has 3 rings (SSSR count). The molecule has 0 bridgehead atoms. The topological polar surface area (TPSA) is 67.4 Å². The Labute approximate surface area is 134 Å². The van der Waals surface area contributed by atoms with E-state index in [0.29, 0.717) is 17.2 Å². The van der Waals surface area contributed by atoms with E-state index in [0.717, 1.165) is 12.8 Å². The fraction of sp³-hybridized carbons (Fsp3) is 0.222. The molecule has 5 heteroatoms. The Morgan fingerprint density at radius 2 is 1.70 bits per heavy atom.